The Balaban J connectivity index is 0.000000362. The Kier molecular flexibility index (Phi) is 7.47. The molecule has 1 rings (SSSR count). The molecule has 0 amide bonds. The van der Waals surface area contributed by atoms with Crippen LogP contribution >= 0.6 is 9.24 Å². The second kappa shape index (κ2) is 7.77. The fraction of sp³-hybridized carbons (Fsp3) is 0.455. The van der Waals surface area contributed by atoms with E-state index in [0.29, 0.717) is 0 Å². The normalized spacial score (nSPS) is 11.8. The van der Waals surface area contributed by atoms with Crippen molar-refractivity contribution in [3.05, 3.63) is 29.8 Å². The van der Waals surface area contributed by atoms with Gasteiger partial charge in [-0.25, -0.2) is 0 Å². The summed E-state index contributed by atoms with van der Waals surface area (Å²) >= 11 is 0. The predicted molar refractivity (Wildman–Crippen MR) is 69.0 cm³/mol. The maximum atomic E-state index is 11.9. The molecule has 8 heteroatoms. The van der Waals surface area contributed by atoms with Crippen LogP contribution in [0.4, 0.5) is 13.2 Å². The lowest BCUT2D eigenvalue weighted by molar-refractivity contribution is -0.137. The molecule has 0 aliphatic heterocycles. The van der Waals surface area contributed by atoms with Gasteiger partial charge in [-0.15, -0.1) is 9.24 Å². The number of alkyl halides is 3. The highest BCUT2D eigenvalue weighted by Crippen LogP contribution is 2.28. The molecule has 19 heavy (non-hydrogen) atoms. The summed E-state index contributed by atoms with van der Waals surface area (Å²) in [6.45, 7) is -1.21. The standard InChI is InChI=1S/C7H6F3P.C4H11NO3/c8-7(9,10)5-1-3-6(11)4-2-5;5-4(1-6,2-7)3-8/h1-4H,11H2;6-8H,1-3,5H2. The third kappa shape index (κ3) is 6.84. The molecule has 0 fully saturated rings. The molecule has 1 aromatic rings. The summed E-state index contributed by atoms with van der Waals surface area (Å²) in [6, 6.07) is 4.94. The van der Waals surface area contributed by atoms with Gasteiger partial charge in [0.15, 0.2) is 0 Å². The van der Waals surface area contributed by atoms with Crippen LogP contribution in [0.1, 0.15) is 5.56 Å². The average molecular weight is 299 g/mol. The van der Waals surface area contributed by atoms with Gasteiger partial charge in [-0.3, -0.25) is 0 Å². The molecule has 5 N–H and O–H groups in total. The topological polar surface area (TPSA) is 86.7 Å². The van der Waals surface area contributed by atoms with E-state index < -0.39 is 37.1 Å². The summed E-state index contributed by atoms with van der Waals surface area (Å²) in [5, 5.41) is 25.8. The number of halogens is 3. The quantitative estimate of drug-likeness (QED) is 0.586. The smallest absolute Gasteiger partial charge is 0.394 e. The number of rotatable bonds is 3. The summed E-state index contributed by atoms with van der Waals surface area (Å²) in [4.78, 5) is 0. The van der Waals surface area contributed by atoms with Crippen molar-refractivity contribution in [3.8, 4) is 0 Å². The van der Waals surface area contributed by atoms with Crippen LogP contribution in [0.25, 0.3) is 0 Å². The lowest BCUT2D eigenvalue weighted by Gasteiger charge is -2.20. The van der Waals surface area contributed by atoms with Crippen molar-refractivity contribution >= 4 is 14.5 Å². The predicted octanol–water partition coefficient (Wildman–Crippen LogP) is -0.133. The molecule has 0 bridgehead atoms. The molecule has 0 saturated heterocycles. The van der Waals surface area contributed by atoms with E-state index in [1.807, 2.05) is 0 Å². The van der Waals surface area contributed by atoms with Gasteiger partial charge in [-0.2, -0.15) is 13.2 Å². The number of nitrogens with two attached hydrogens (primary N) is 1. The molecule has 1 aromatic carbocycles. The van der Waals surface area contributed by atoms with Crippen molar-refractivity contribution < 1.29 is 28.5 Å². The van der Waals surface area contributed by atoms with E-state index in [0.717, 1.165) is 17.4 Å². The van der Waals surface area contributed by atoms with E-state index in [2.05, 4.69) is 9.24 Å². The van der Waals surface area contributed by atoms with E-state index in [4.69, 9.17) is 21.1 Å². The van der Waals surface area contributed by atoms with Crippen LogP contribution < -0.4 is 11.0 Å². The minimum absolute atomic E-state index is 0.403. The lowest BCUT2D eigenvalue weighted by atomic mass is 10.1. The van der Waals surface area contributed by atoms with Crippen LogP contribution in [0, 0.1) is 0 Å². The van der Waals surface area contributed by atoms with Gasteiger partial charge in [0.2, 0.25) is 0 Å². The maximum absolute atomic E-state index is 11.9. The summed E-state index contributed by atoms with van der Waals surface area (Å²) in [5.74, 6) is 0. The SMILES string of the molecule is FC(F)(F)c1ccc(P)cc1.NC(CO)(CO)CO. The Hall–Kier alpha value is -0.720. The summed E-state index contributed by atoms with van der Waals surface area (Å²) in [7, 11) is 2.33. The van der Waals surface area contributed by atoms with E-state index in [9.17, 15) is 13.2 Å². The van der Waals surface area contributed by atoms with E-state index in [1.165, 1.54) is 12.1 Å². The molecule has 0 saturated carbocycles. The Morgan fingerprint density at radius 1 is 0.947 bits per heavy atom. The van der Waals surface area contributed by atoms with Crippen molar-refractivity contribution in [1.82, 2.24) is 0 Å². The highest BCUT2D eigenvalue weighted by molar-refractivity contribution is 7.27. The van der Waals surface area contributed by atoms with Gasteiger partial charge < -0.3 is 21.1 Å². The van der Waals surface area contributed by atoms with Crippen LogP contribution in [0.5, 0.6) is 0 Å². The van der Waals surface area contributed by atoms with Crippen molar-refractivity contribution in [1.29, 1.82) is 0 Å². The number of aliphatic hydroxyl groups is 3. The fourth-order valence-electron chi connectivity index (χ4n) is 0.822. The van der Waals surface area contributed by atoms with Crippen LogP contribution in [0.2, 0.25) is 0 Å². The minimum atomic E-state index is -4.22. The van der Waals surface area contributed by atoms with Crippen molar-refractivity contribution in [2.24, 2.45) is 5.73 Å². The third-order valence-electron chi connectivity index (χ3n) is 2.18. The van der Waals surface area contributed by atoms with Gasteiger partial charge in [0, 0.05) is 0 Å². The average Bonchev–Trinajstić information content (AvgIpc) is 2.38. The molecular formula is C11H17F3NO3P. The van der Waals surface area contributed by atoms with Crippen LogP contribution in [-0.2, 0) is 6.18 Å². The largest absolute Gasteiger partial charge is 0.416 e. The molecule has 0 radical (unpaired) electrons. The second-order valence-electron chi connectivity index (χ2n) is 3.96. The molecule has 110 valence electrons. The van der Waals surface area contributed by atoms with Crippen LogP contribution in [0.15, 0.2) is 24.3 Å². The summed E-state index contributed by atoms with van der Waals surface area (Å²) in [5.41, 5.74) is 3.33. The number of benzene rings is 1. The number of hydrogen-bond donors (Lipinski definition) is 4. The van der Waals surface area contributed by atoms with Gasteiger partial charge in [-0.05, 0) is 17.4 Å². The zero-order valence-corrected chi connectivity index (χ0v) is 11.2. The zero-order valence-electron chi connectivity index (χ0n) is 10.1. The molecule has 0 heterocycles. The first kappa shape index (κ1) is 18.3. The third-order valence-corrected chi connectivity index (χ3v) is 2.57. The first-order valence-electron chi connectivity index (χ1n) is 5.23. The Morgan fingerprint density at radius 3 is 1.53 bits per heavy atom. The number of aliphatic hydroxyl groups excluding tert-OH is 3. The minimum Gasteiger partial charge on any atom is -0.394 e. The second-order valence-corrected chi connectivity index (χ2v) is 4.62. The molecular weight excluding hydrogens is 282 g/mol. The molecule has 0 aliphatic rings. The van der Waals surface area contributed by atoms with E-state index in [-0.39, 0.29) is 0 Å². The molecule has 0 aliphatic carbocycles. The molecule has 0 aromatic heterocycles. The zero-order chi connectivity index (χ0) is 15.1. The highest BCUT2D eigenvalue weighted by atomic mass is 31.0. The van der Waals surface area contributed by atoms with Crippen molar-refractivity contribution in [2.75, 3.05) is 19.8 Å². The van der Waals surface area contributed by atoms with Crippen molar-refractivity contribution in [2.45, 2.75) is 11.7 Å². The van der Waals surface area contributed by atoms with Gasteiger partial charge in [0.1, 0.15) is 0 Å². The maximum Gasteiger partial charge on any atom is 0.416 e. The van der Waals surface area contributed by atoms with Gasteiger partial charge >= 0.3 is 6.18 Å². The summed E-state index contributed by atoms with van der Waals surface area (Å²) < 4.78 is 35.7. The first-order chi connectivity index (χ1) is 8.68. The molecule has 1 atom stereocenters. The summed E-state index contributed by atoms with van der Waals surface area (Å²) in [6.07, 6.45) is -4.22. The Bertz CT molecular complexity index is 358. The molecule has 4 nitrogen and oxygen atoms in total. The van der Waals surface area contributed by atoms with Crippen molar-refractivity contribution in [3.63, 3.8) is 0 Å². The fourth-order valence-corrected chi connectivity index (χ4v) is 1.01. The first-order valence-corrected chi connectivity index (χ1v) is 5.80. The number of hydrogen-bond acceptors (Lipinski definition) is 4. The van der Waals surface area contributed by atoms with E-state index in [1.54, 1.807) is 0 Å². The lowest BCUT2D eigenvalue weighted by Crippen LogP contribution is -2.50. The molecule has 0 spiro atoms. The Morgan fingerprint density at radius 2 is 1.32 bits per heavy atom. The highest BCUT2D eigenvalue weighted by Gasteiger charge is 2.29. The van der Waals surface area contributed by atoms with Gasteiger partial charge in [0.25, 0.3) is 0 Å². The van der Waals surface area contributed by atoms with Crippen LogP contribution in [0.3, 0.4) is 0 Å². The van der Waals surface area contributed by atoms with Gasteiger partial charge in [0.05, 0.1) is 30.9 Å². The van der Waals surface area contributed by atoms with E-state index >= 15 is 0 Å². The van der Waals surface area contributed by atoms with Gasteiger partial charge in [-0.1, -0.05) is 12.1 Å². The monoisotopic (exact) mass is 299 g/mol. The Labute approximate surface area is 111 Å². The van der Waals surface area contributed by atoms with Crippen LogP contribution in [-0.4, -0.2) is 40.7 Å². The molecule has 1 unspecified atom stereocenters.